The lowest BCUT2D eigenvalue weighted by Gasteiger charge is -2.18. The van der Waals surface area contributed by atoms with Crippen LogP contribution < -0.4 is 0 Å². The largest absolute Gasteiger partial charge is 0.481 e. The molecular formula is C48H86O4. The van der Waals surface area contributed by atoms with Crippen molar-refractivity contribution in [3.05, 3.63) is 48.6 Å². The molecule has 1 N–H and O–H groups in total. The summed E-state index contributed by atoms with van der Waals surface area (Å²) >= 11 is 0. The van der Waals surface area contributed by atoms with Crippen molar-refractivity contribution in [1.29, 1.82) is 0 Å². The lowest BCUT2D eigenvalue weighted by atomic mass is 10.0. The van der Waals surface area contributed by atoms with Gasteiger partial charge < -0.3 is 9.84 Å². The number of hydrogen-bond donors (Lipinski definition) is 1. The van der Waals surface area contributed by atoms with Crippen LogP contribution in [0.4, 0.5) is 0 Å². The lowest BCUT2D eigenvalue weighted by molar-refractivity contribution is -0.150. The summed E-state index contributed by atoms with van der Waals surface area (Å²) in [6, 6.07) is 0. The maximum atomic E-state index is 12.7. The fourth-order valence-electron chi connectivity index (χ4n) is 6.66. The van der Waals surface area contributed by atoms with E-state index in [-0.39, 0.29) is 18.5 Å². The highest BCUT2D eigenvalue weighted by Crippen LogP contribution is 2.18. The van der Waals surface area contributed by atoms with E-state index in [9.17, 15) is 9.59 Å². The fraction of sp³-hybridized carbons (Fsp3) is 0.792. The van der Waals surface area contributed by atoms with Crippen LogP contribution in [0.5, 0.6) is 0 Å². The van der Waals surface area contributed by atoms with Crippen LogP contribution in [-0.4, -0.2) is 23.1 Å². The Kier molecular flexibility index (Phi) is 41.6. The van der Waals surface area contributed by atoms with E-state index in [1.54, 1.807) is 0 Å². The van der Waals surface area contributed by atoms with Gasteiger partial charge in [0.25, 0.3) is 0 Å². The van der Waals surface area contributed by atoms with E-state index in [1.165, 1.54) is 128 Å². The third-order valence-electron chi connectivity index (χ3n) is 10.0. The van der Waals surface area contributed by atoms with Crippen LogP contribution in [0.2, 0.25) is 0 Å². The minimum atomic E-state index is -0.707. The molecular weight excluding hydrogens is 641 g/mol. The number of carbonyl (C=O) groups excluding carboxylic acids is 1. The molecule has 52 heavy (non-hydrogen) atoms. The van der Waals surface area contributed by atoms with Gasteiger partial charge in [-0.3, -0.25) is 9.59 Å². The zero-order valence-electron chi connectivity index (χ0n) is 34.6. The summed E-state index contributed by atoms with van der Waals surface area (Å²) in [5.41, 5.74) is 0. The van der Waals surface area contributed by atoms with Gasteiger partial charge in [-0.05, 0) is 96.3 Å². The fourth-order valence-corrected chi connectivity index (χ4v) is 6.66. The first-order valence-corrected chi connectivity index (χ1v) is 22.6. The number of allylic oxidation sites excluding steroid dienone is 8. The van der Waals surface area contributed by atoms with Gasteiger partial charge in [0.15, 0.2) is 0 Å². The molecule has 1 unspecified atom stereocenters. The number of carboxylic acid groups (broad SMARTS) is 1. The van der Waals surface area contributed by atoms with Gasteiger partial charge in [0.1, 0.15) is 6.10 Å². The monoisotopic (exact) mass is 727 g/mol. The molecule has 1 atom stereocenters. The number of ether oxygens (including phenoxy) is 1. The number of carbonyl (C=O) groups is 2. The highest BCUT2D eigenvalue weighted by atomic mass is 16.5. The topological polar surface area (TPSA) is 63.6 Å². The van der Waals surface area contributed by atoms with Gasteiger partial charge in [-0.25, -0.2) is 0 Å². The zero-order chi connectivity index (χ0) is 37.8. The molecule has 0 fully saturated rings. The Morgan fingerprint density at radius 1 is 0.423 bits per heavy atom. The highest BCUT2D eigenvalue weighted by Gasteiger charge is 2.14. The van der Waals surface area contributed by atoms with Crippen LogP contribution in [0.3, 0.4) is 0 Å². The normalized spacial score (nSPS) is 12.7. The molecule has 0 aromatic carbocycles. The number of hydrogen-bond acceptors (Lipinski definition) is 3. The SMILES string of the molecule is CCCCC/C=C\C/C=C\CCCC(CCCCCCCC(=O)O)OC(=O)CCCCCCCCCCCCC/C=C\C/C=C\CCCCCCC. The van der Waals surface area contributed by atoms with Crippen molar-refractivity contribution in [2.24, 2.45) is 0 Å². The van der Waals surface area contributed by atoms with Crippen molar-refractivity contribution in [2.45, 2.75) is 245 Å². The van der Waals surface area contributed by atoms with Gasteiger partial charge in [0.2, 0.25) is 0 Å². The average Bonchev–Trinajstić information content (AvgIpc) is 3.13. The second-order valence-electron chi connectivity index (χ2n) is 15.2. The van der Waals surface area contributed by atoms with Crippen molar-refractivity contribution in [1.82, 2.24) is 0 Å². The summed E-state index contributed by atoms with van der Waals surface area (Å²) in [5, 5.41) is 8.83. The number of aliphatic carboxylic acids is 1. The Bertz CT molecular complexity index is 870. The summed E-state index contributed by atoms with van der Waals surface area (Å²) < 4.78 is 5.99. The smallest absolute Gasteiger partial charge is 0.306 e. The predicted octanol–water partition coefficient (Wildman–Crippen LogP) is 15.9. The van der Waals surface area contributed by atoms with Crippen LogP contribution in [0.1, 0.15) is 239 Å². The molecule has 0 spiro atoms. The second-order valence-corrected chi connectivity index (χ2v) is 15.2. The Morgan fingerprint density at radius 3 is 1.25 bits per heavy atom. The van der Waals surface area contributed by atoms with Gasteiger partial charge in [-0.2, -0.15) is 0 Å². The van der Waals surface area contributed by atoms with Crippen molar-refractivity contribution in [3.8, 4) is 0 Å². The van der Waals surface area contributed by atoms with Crippen LogP contribution in [-0.2, 0) is 14.3 Å². The number of unbranched alkanes of at least 4 members (excludes halogenated alkanes) is 24. The molecule has 0 aromatic heterocycles. The van der Waals surface area contributed by atoms with E-state index in [0.717, 1.165) is 83.5 Å². The van der Waals surface area contributed by atoms with E-state index in [1.807, 2.05) is 0 Å². The molecule has 0 radical (unpaired) electrons. The maximum absolute atomic E-state index is 12.7. The Balaban J connectivity index is 3.93. The van der Waals surface area contributed by atoms with E-state index in [0.29, 0.717) is 6.42 Å². The molecule has 0 amide bonds. The van der Waals surface area contributed by atoms with Crippen molar-refractivity contribution in [2.75, 3.05) is 0 Å². The number of esters is 1. The third-order valence-corrected chi connectivity index (χ3v) is 10.0. The Labute approximate surface area is 323 Å². The molecule has 0 bridgehead atoms. The molecule has 0 heterocycles. The minimum Gasteiger partial charge on any atom is -0.481 e. The first kappa shape index (κ1) is 49.9. The van der Waals surface area contributed by atoms with Gasteiger partial charge >= 0.3 is 11.9 Å². The Hall–Kier alpha value is -2.10. The first-order valence-electron chi connectivity index (χ1n) is 22.6. The molecule has 0 saturated heterocycles. The van der Waals surface area contributed by atoms with E-state index >= 15 is 0 Å². The van der Waals surface area contributed by atoms with Gasteiger partial charge in [0.05, 0.1) is 0 Å². The minimum absolute atomic E-state index is 0.0109. The molecule has 4 heteroatoms. The van der Waals surface area contributed by atoms with Crippen LogP contribution >= 0.6 is 0 Å². The third kappa shape index (κ3) is 42.3. The summed E-state index contributed by atoms with van der Waals surface area (Å²) in [6.45, 7) is 4.52. The molecule has 0 aliphatic heterocycles. The van der Waals surface area contributed by atoms with E-state index in [4.69, 9.17) is 9.84 Å². The van der Waals surface area contributed by atoms with Crippen molar-refractivity contribution < 1.29 is 19.4 Å². The molecule has 302 valence electrons. The standard InChI is InChI=1S/C48H86O4/c1-3-5-7-9-11-13-15-16-17-18-19-20-21-22-23-24-25-26-28-30-32-37-41-45-48(51)52-46(43-39-35-33-36-40-44-47(49)50)42-38-34-31-29-27-14-12-10-8-6-4-2/h12,14-16,18-19,29,31,46H,3-11,13,17,20-28,30,32-45H2,1-2H3,(H,49,50)/b14-12-,16-15-,19-18-,31-29-. The molecule has 4 nitrogen and oxygen atoms in total. The number of carboxylic acids is 1. The summed E-state index contributed by atoms with van der Waals surface area (Å²) in [7, 11) is 0. The predicted molar refractivity (Wildman–Crippen MR) is 227 cm³/mol. The van der Waals surface area contributed by atoms with Gasteiger partial charge in [0, 0.05) is 12.8 Å². The zero-order valence-corrected chi connectivity index (χ0v) is 34.6. The van der Waals surface area contributed by atoms with Gasteiger partial charge in [-0.15, -0.1) is 0 Å². The number of rotatable bonds is 41. The first-order chi connectivity index (χ1) is 25.6. The van der Waals surface area contributed by atoms with Crippen LogP contribution in [0.15, 0.2) is 48.6 Å². The van der Waals surface area contributed by atoms with E-state index < -0.39 is 5.97 Å². The highest BCUT2D eigenvalue weighted by molar-refractivity contribution is 5.69. The molecule has 0 aromatic rings. The van der Waals surface area contributed by atoms with Crippen molar-refractivity contribution >= 4 is 11.9 Å². The van der Waals surface area contributed by atoms with E-state index in [2.05, 4.69) is 62.5 Å². The van der Waals surface area contributed by atoms with Crippen LogP contribution in [0, 0.1) is 0 Å². The van der Waals surface area contributed by atoms with Gasteiger partial charge in [-0.1, -0.05) is 178 Å². The average molecular weight is 727 g/mol. The molecule has 0 aliphatic carbocycles. The summed E-state index contributed by atoms with van der Waals surface area (Å²) in [6.07, 6.45) is 58.6. The maximum Gasteiger partial charge on any atom is 0.306 e. The summed E-state index contributed by atoms with van der Waals surface area (Å²) in [4.78, 5) is 23.4. The molecule has 0 saturated carbocycles. The van der Waals surface area contributed by atoms with Crippen molar-refractivity contribution in [3.63, 3.8) is 0 Å². The quantitative estimate of drug-likeness (QED) is 0.0387. The summed E-state index contributed by atoms with van der Waals surface area (Å²) in [5.74, 6) is -0.729. The van der Waals surface area contributed by atoms with Crippen LogP contribution in [0.25, 0.3) is 0 Å². The molecule has 0 aliphatic rings. The Morgan fingerprint density at radius 2 is 0.769 bits per heavy atom. The lowest BCUT2D eigenvalue weighted by Crippen LogP contribution is -2.18. The second kappa shape index (κ2) is 43.3. The molecule has 0 rings (SSSR count).